The van der Waals surface area contributed by atoms with E-state index in [1.807, 2.05) is 16.7 Å². The second-order valence-corrected chi connectivity index (χ2v) is 5.88. The maximum Gasteiger partial charge on any atom is 0.233 e. The standard InChI is InChI=1S/C15H23N5/c1-12(2)20(9-13-5-3-6-16-13)11-14-10-19-8-4-7-17-15(19)18-14/h4,7-8,10,12-13,16H,3,5-6,9,11H2,1-2H3. The third-order valence-corrected chi connectivity index (χ3v) is 4.00. The molecular formula is C15H23N5. The molecule has 1 unspecified atom stereocenters. The van der Waals surface area contributed by atoms with Crippen LogP contribution in [-0.2, 0) is 6.54 Å². The summed E-state index contributed by atoms with van der Waals surface area (Å²) in [4.78, 5) is 11.4. The van der Waals surface area contributed by atoms with Gasteiger partial charge in [0.1, 0.15) is 0 Å². The van der Waals surface area contributed by atoms with Gasteiger partial charge in [-0.1, -0.05) is 0 Å². The predicted octanol–water partition coefficient (Wildman–Crippen LogP) is 1.69. The molecular weight excluding hydrogens is 250 g/mol. The fraction of sp³-hybridized carbons (Fsp3) is 0.600. The Labute approximate surface area is 120 Å². The van der Waals surface area contributed by atoms with E-state index in [2.05, 4.69) is 40.2 Å². The highest BCUT2D eigenvalue weighted by molar-refractivity contribution is 5.29. The van der Waals surface area contributed by atoms with Gasteiger partial charge in [0, 0.05) is 43.8 Å². The van der Waals surface area contributed by atoms with Gasteiger partial charge in [-0.2, -0.15) is 0 Å². The quantitative estimate of drug-likeness (QED) is 0.900. The van der Waals surface area contributed by atoms with Crippen LogP contribution < -0.4 is 5.32 Å². The highest BCUT2D eigenvalue weighted by Crippen LogP contribution is 2.13. The summed E-state index contributed by atoms with van der Waals surface area (Å²) in [5.41, 5.74) is 1.09. The van der Waals surface area contributed by atoms with Gasteiger partial charge in [0.2, 0.25) is 5.78 Å². The summed E-state index contributed by atoms with van der Waals surface area (Å²) in [6.07, 6.45) is 8.45. The molecule has 0 bridgehead atoms. The minimum atomic E-state index is 0.523. The van der Waals surface area contributed by atoms with Crippen LogP contribution >= 0.6 is 0 Å². The van der Waals surface area contributed by atoms with E-state index in [1.165, 1.54) is 12.8 Å². The smallest absolute Gasteiger partial charge is 0.233 e. The first-order chi connectivity index (χ1) is 9.72. The van der Waals surface area contributed by atoms with Crippen molar-refractivity contribution in [3.63, 3.8) is 0 Å². The monoisotopic (exact) mass is 273 g/mol. The third-order valence-electron chi connectivity index (χ3n) is 4.00. The fourth-order valence-corrected chi connectivity index (χ4v) is 2.82. The van der Waals surface area contributed by atoms with Crippen molar-refractivity contribution in [3.8, 4) is 0 Å². The second-order valence-electron chi connectivity index (χ2n) is 5.88. The Morgan fingerprint density at radius 1 is 1.50 bits per heavy atom. The Morgan fingerprint density at radius 2 is 2.40 bits per heavy atom. The maximum absolute atomic E-state index is 4.60. The van der Waals surface area contributed by atoms with Crippen molar-refractivity contribution in [1.82, 2.24) is 24.6 Å². The van der Waals surface area contributed by atoms with E-state index in [0.29, 0.717) is 12.1 Å². The van der Waals surface area contributed by atoms with Crippen LogP contribution in [0.5, 0.6) is 0 Å². The fourth-order valence-electron chi connectivity index (χ4n) is 2.82. The van der Waals surface area contributed by atoms with E-state index < -0.39 is 0 Å². The lowest BCUT2D eigenvalue weighted by atomic mass is 10.2. The van der Waals surface area contributed by atoms with Crippen molar-refractivity contribution in [3.05, 3.63) is 30.4 Å². The Morgan fingerprint density at radius 3 is 3.10 bits per heavy atom. The van der Waals surface area contributed by atoms with Crippen molar-refractivity contribution in [2.75, 3.05) is 13.1 Å². The second kappa shape index (κ2) is 5.89. The summed E-state index contributed by atoms with van der Waals surface area (Å²) in [6, 6.07) is 3.09. The van der Waals surface area contributed by atoms with Crippen molar-refractivity contribution in [2.45, 2.75) is 45.3 Å². The number of hydrogen-bond acceptors (Lipinski definition) is 4. The summed E-state index contributed by atoms with van der Waals surface area (Å²) in [5.74, 6) is 0.783. The van der Waals surface area contributed by atoms with Crippen LogP contribution in [0.3, 0.4) is 0 Å². The first-order valence-electron chi connectivity index (χ1n) is 7.48. The van der Waals surface area contributed by atoms with Gasteiger partial charge in [-0.15, -0.1) is 0 Å². The summed E-state index contributed by atoms with van der Waals surface area (Å²) in [7, 11) is 0. The van der Waals surface area contributed by atoms with Gasteiger partial charge >= 0.3 is 0 Å². The summed E-state index contributed by atoms with van der Waals surface area (Å²) >= 11 is 0. The summed E-state index contributed by atoms with van der Waals surface area (Å²) in [5, 5.41) is 3.57. The summed E-state index contributed by atoms with van der Waals surface area (Å²) < 4.78 is 1.99. The molecule has 1 saturated heterocycles. The topological polar surface area (TPSA) is 45.5 Å². The van der Waals surface area contributed by atoms with Crippen LogP contribution in [-0.4, -0.2) is 44.4 Å². The molecule has 108 valence electrons. The molecule has 1 fully saturated rings. The Balaban J connectivity index is 1.71. The number of nitrogens with one attached hydrogen (secondary N) is 1. The largest absolute Gasteiger partial charge is 0.313 e. The van der Waals surface area contributed by atoms with Crippen molar-refractivity contribution in [2.24, 2.45) is 0 Å². The van der Waals surface area contributed by atoms with Crippen molar-refractivity contribution in [1.29, 1.82) is 0 Å². The van der Waals surface area contributed by atoms with E-state index in [-0.39, 0.29) is 0 Å². The molecule has 0 aromatic carbocycles. The molecule has 0 saturated carbocycles. The van der Waals surface area contributed by atoms with Crippen LogP contribution in [0.2, 0.25) is 0 Å². The van der Waals surface area contributed by atoms with E-state index in [4.69, 9.17) is 0 Å². The molecule has 0 radical (unpaired) electrons. The number of aromatic nitrogens is 3. The Bertz CT molecular complexity index is 523. The van der Waals surface area contributed by atoms with Gasteiger partial charge < -0.3 is 5.32 Å². The Hall–Kier alpha value is -1.46. The average Bonchev–Trinajstić information content (AvgIpc) is 3.05. The molecule has 0 aliphatic carbocycles. The first kappa shape index (κ1) is 13.5. The van der Waals surface area contributed by atoms with E-state index in [9.17, 15) is 0 Å². The molecule has 1 aliphatic rings. The molecule has 0 spiro atoms. The van der Waals surface area contributed by atoms with Gasteiger partial charge in [-0.05, 0) is 39.3 Å². The van der Waals surface area contributed by atoms with Gasteiger partial charge in [0.05, 0.1) is 5.69 Å². The van der Waals surface area contributed by atoms with Gasteiger partial charge in [-0.25, -0.2) is 9.97 Å². The molecule has 1 aliphatic heterocycles. The SMILES string of the molecule is CC(C)N(Cc1cn2cccnc2n1)CC1CCCN1. The van der Waals surface area contributed by atoms with E-state index in [1.54, 1.807) is 6.20 Å². The van der Waals surface area contributed by atoms with E-state index >= 15 is 0 Å². The average molecular weight is 273 g/mol. The number of nitrogens with zero attached hydrogens (tertiary/aromatic N) is 4. The highest BCUT2D eigenvalue weighted by atomic mass is 15.2. The zero-order chi connectivity index (χ0) is 13.9. The number of fused-ring (bicyclic) bond motifs is 1. The third kappa shape index (κ3) is 2.99. The maximum atomic E-state index is 4.60. The van der Waals surface area contributed by atoms with Crippen LogP contribution in [0.15, 0.2) is 24.7 Å². The van der Waals surface area contributed by atoms with Crippen LogP contribution in [0, 0.1) is 0 Å². The predicted molar refractivity (Wildman–Crippen MR) is 79.6 cm³/mol. The van der Waals surface area contributed by atoms with Crippen molar-refractivity contribution < 1.29 is 0 Å². The van der Waals surface area contributed by atoms with Crippen LogP contribution in [0.1, 0.15) is 32.4 Å². The lowest BCUT2D eigenvalue weighted by molar-refractivity contribution is 0.192. The van der Waals surface area contributed by atoms with Gasteiger partial charge in [0.15, 0.2) is 0 Å². The number of hydrogen-bond donors (Lipinski definition) is 1. The Kier molecular flexibility index (Phi) is 3.98. The van der Waals surface area contributed by atoms with Crippen molar-refractivity contribution >= 4 is 5.78 Å². The normalized spacial score (nSPS) is 19.5. The van der Waals surface area contributed by atoms with Crippen LogP contribution in [0.4, 0.5) is 0 Å². The summed E-state index contributed by atoms with van der Waals surface area (Å²) in [6.45, 7) is 7.65. The molecule has 20 heavy (non-hydrogen) atoms. The molecule has 2 aromatic rings. The van der Waals surface area contributed by atoms with Gasteiger partial charge in [0.25, 0.3) is 0 Å². The lowest BCUT2D eigenvalue weighted by Crippen LogP contribution is -2.40. The molecule has 2 aromatic heterocycles. The van der Waals surface area contributed by atoms with E-state index in [0.717, 1.165) is 31.1 Å². The van der Waals surface area contributed by atoms with Crippen LogP contribution in [0.25, 0.3) is 5.78 Å². The molecule has 3 heterocycles. The number of rotatable bonds is 5. The zero-order valence-electron chi connectivity index (χ0n) is 12.3. The molecule has 1 N–H and O–H groups in total. The number of imidazole rings is 1. The minimum Gasteiger partial charge on any atom is -0.313 e. The molecule has 1 atom stereocenters. The van der Waals surface area contributed by atoms with Gasteiger partial charge in [-0.3, -0.25) is 9.30 Å². The molecule has 5 heteroatoms. The molecule has 5 nitrogen and oxygen atoms in total. The highest BCUT2D eigenvalue weighted by Gasteiger charge is 2.20. The molecule has 3 rings (SSSR count). The lowest BCUT2D eigenvalue weighted by Gasteiger charge is -2.28. The minimum absolute atomic E-state index is 0.523. The zero-order valence-corrected chi connectivity index (χ0v) is 12.3. The first-order valence-corrected chi connectivity index (χ1v) is 7.48. The molecule has 0 amide bonds.